The molecule has 2 heterocycles. The molecule has 2 aromatic carbocycles. The van der Waals surface area contributed by atoms with E-state index in [1.807, 2.05) is 70.9 Å². The average molecular weight is 418 g/mol. The Balaban J connectivity index is 1.65. The summed E-state index contributed by atoms with van der Waals surface area (Å²) in [5, 5.41) is 9.82. The van der Waals surface area contributed by atoms with Gasteiger partial charge >= 0.3 is 0 Å². The van der Waals surface area contributed by atoms with E-state index < -0.39 is 0 Å². The van der Waals surface area contributed by atoms with Crippen LogP contribution in [0.2, 0.25) is 0 Å². The number of thiophene rings is 1. The molecule has 1 N–H and O–H groups in total. The van der Waals surface area contributed by atoms with Crippen molar-refractivity contribution in [1.82, 2.24) is 15.1 Å². The Morgan fingerprint density at radius 3 is 2.70 bits per heavy atom. The molecule has 0 saturated heterocycles. The zero-order valence-corrected chi connectivity index (χ0v) is 17.8. The number of hydrogen-bond acceptors (Lipinski definition) is 4. The molecule has 4 rings (SSSR count). The molecule has 0 saturated carbocycles. The van der Waals surface area contributed by atoms with E-state index in [-0.39, 0.29) is 5.91 Å². The van der Waals surface area contributed by atoms with Crippen LogP contribution in [0.3, 0.4) is 0 Å². The van der Waals surface area contributed by atoms with Crippen molar-refractivity contribution in [2.24, 2.45) is 0 Å². The molecule has 0 unspecified atom stereocenters. The monoisotopic (exact) mass is 417 g/mol. The lowest BCUT2D eigenvalue weighted by molar-refractivity contribution is 0.0952. The van der Waals surface area contributed by atoms with Crippen molar-refractivity contribution in [3.8, 4) is 17.0 Å². The SMILES string of the molecule is COc1cccc(-c2nn(Cc3ccccc3)cc2C(=O)NCc2sccc2C)c1. The Morgan fingerprint density at radius 2 is 1.97 bits per heavy atom. The van der Waals surface area contributed by atoms with Gasteiger partial charge in [-0.25, -0.2) is 0 Å². The molecule has 4 aromatic rings. The molecule has 0 aliphatic heterocycles. The molecule has 0 aliphatic carbocycles. The van der Waals surface area contributed by atoms with Gasteiger partial charge in [0, 0.05) is 16.6 Å². The van der Waals surface area contributed by atoms with Gasteiger partial charge in [-0.3, -0.25) is 9.48 Å². The van der Waals surface area contributed by atoms with Gasteiger partial charge in [0.1, 0.15) is 11.4 Å². The number of nitrogens with zero attached hydrogens (tertiary/aromatic N) is 2. The number of hydrogen-bond donors (Lipinski definition) is 1. The molecular formula is C24H23N3O2S. The van der Waals surface area contributed by atoms with E-state index in [0.717, 1.165) is 21.8 Å². The maximum Gasteiger partial charge on any atom is 0.255 e. The number of ether oxygens (including phenoxy) is 1. The molecule has 0 aliphatic rings. The lowest BCUT2D eigenvalue weighted by Crippen LogP contribution is -2.22. The van der Waals surface area contributed by atoms with Crippen molar-refractivity contribution >= 4 is 17.2 Å². The van der Waals surface area contributed by atoms with Gasteiger partial charge in [-0.15, -0.1) is 11.3 Å². The number of nitrogens with one attached hydrogen (secondary N) is 1. The molecule has 0 radical (unpaired) electrons. The number of benzene rings is 2. The van der Waals surface area contributed by atoms with Crippen molar-refractivity contribution in [2.45, 2.75) is 20.0 Å². The van der Waals surface area contributed by atoms with E-state index in [9.17, 15) is 4.79 Å². The number of aromatic nitrogens is 2. The van der Waals surface area contributed by atoms with Gasteiger partial charge in [-0.1, -0.05) is 42.5 Å². The smallest absolute Gasteiger partial charge is 0.255 e. The molecule has 152 valence electrons. The van der Waals surface area contributed by atoms with E-state index in [1.165, 1.54) is 5.56 Å². The van der Waals surface area contributed by atoms with Crippen LogP contribution in [0.4, 0.5) is 0 Å². The van der Waals surface area contributed by atoms with Crippen molar-refractivity contribution in [3.05, 3.63) is 93.8 Å². The molecule has 6 heteroatoms. The summed E-state index contributed by atoms with van der Waals surface area (Å²) in [7, 11) is 1.63. The molecule has 2 aromatic heterocycles. The fraction of sp³-hybridized carbons (Fsp3) is 0.167. The van der Waals surface area contributed by atoms with Crippen LogP contribution >= 0.6 is 11.3 Å². The second kappa shape index (κ2) is 8.97. The second-order valence-corrected chi connectivity index (χ2v) is 8.02. The highest BCUT2D eigenvalue weighted by atomic mass is 32.1. The predicted molar refractivity (Wildman–Crippen MR) is 120 cm³/mol. The van der Waals surface area contributed by atoms with Crippen LogP contribution in [0.15, 0.2) is 72.2 Å². The molecule has 0 spiro atoms. The van der Waals surface area contributed by atoms with E-state index >= 15 is 0 Å². The van der Waals surface area contributed by atoms with Crippen molar-refractivity contribution in [3.63, 3.8) is 0 Å². The minimum atomic E-state index is -0.139. The molecule has 0 atom stereocenters. The molecule has 1 amide bonds. The standard InChI is InChI=1S/C24H23N3O2S/c1-17-11-12-30-22(17)14-25-24(28)21-16-27(15-18-7-4-3-5-8-18)26-23(21)19-9-6-10-20(13-19)29-2/h3-13,16H,14-15H2,1-2H3,(H,25,28). The van der Waals surface area contributed by atoms with Crippen LogP contribution in [-0.2, 0) is 13.1 Å². The number of amides is 1. The lowest BCUT2D eigenvalue weighted by Gasteiger charge is -2.06. The summed E-state index contributed by atoms with van der Waals surface area (Å²) >= 11 is 1.65. The van der Waals surface area contributed by atoms with E-state index in [0.29, 0.717) is 24.3 Å². The Kier molecular flexibility index (Phi) is 5.95. The van der Waals surface area contributed by atoms with Crippen molar-refractivity contribution < 1.29 is 9.53 Å². The minimum absolute atomic E-state index is 0.139. The summed E-state index contributed by atoms with van der Waals surface area (Å²) in [5.74, 6) is 0.589. The largest absolute Gasteiger partial charge is 0.497 e. The first-order valence-electron chi connectivity index (χ1n) is 9.71. The highest BCUT2D eigenvalue weighted by molar-refractivity contribution is 7.10. The van der Waals surface area contributed by atoms with Crippen LogP contribution < -0.4 is 10.1 Å². The van der Waals surface area contributed by atoms with Gasteiger partial charge in [-0.05, 0) is 41.6 Å². The van der Waals surface area contributed by atoms with Gasteiger partial charge in [0.05, 0.1) is 25.8 Å². The summed E-state index contributed by atoms with van der Waals surface area (Å²) in [6.07, 6.45) is 1.82. The maximum absolute atomic E-state index is 13.1. The zero-order valence-electron chi connectivity index (χ0n) is 17.0. The van der Waals surface area contributed by atoms with Crippen LogP contribution in [0.1, 0.15) is 26.4 Å². The predicted octanol–water partition coefficient (Wildman–Crippen LogP) is 4.91. The Bertz CT molecular complexity index is 1150. The van der Waals surface area contributed by atoms with E-state index in [1.54, 1.807) is 18.4 Å². The number of aryl methyl sites for hydroxylation is 1. The summed E-state index contributed by atoms with van der Waals surface area (Å²) in [5.41, 5.74) is 4.35. The first kappa shape index (κ1) is 19.9. The molecular weight excluding hydrogens is 394 g/mol. The van der Waals surface area contributed by atoms with Crippen LogP contribution in [0, 0.1) is 6.92 Å². The Morgan fingerprint density at radius 1 is 1.13 bits per heavy atom. The summed E-state index contributed by atoms with van der Waals surface area (Å²) in [6, 6.07) is 19.8. The molecule has 0 bridgehead atoms. The number of carbonyl (C=O) groups is 1. The Hall–Kier alpha value is -3.38. The minimum Gasteiger partial charge on any atom is -0.497 e. The quantitative estimate of drug-likeness (QED) is 0.465. The summed E-state index contributed by atoms with van der Waals surface area (Å²) in [6.45, 7) is 3.15. The average Bonchev–Trinajstić information content (AvgIpc) is 3.39. The van der Waals surface area contributed by atoms with Crippen LogP contribution in [0.25, 0.3) is 11.3 Å². The summed E-state index contributed by atoms with van der Waals surface area (Å²) < 4.78 is 7.17. The van der Waals surface area contributed by atoms with Crippen molar-refractivity contribution in [1.29, 1.82) is 0 Å². The third kappa shape index (κ3) is 4.44. The molecule has 30 heavy (non-hydrogen) atoms. The number of carbonyl (C=O) groups excluding carboxylic acids is 1. The highest BCUT2D eigenvalue weighted by Crippen LogP contribution is 2.26. The van der Waals surface area contributed by atoms with E-state index in [2.05, 4.69) is 18.3 Å². The van der Waals surface area contributed by atoms with Crippen LogP contribution in [-0.4, -0.2) is 22.8 Å². The molecule has 0 fully saturated rings. The lowest BCUT2D eigenvalue weighted by atomic mass is 10.1. The Labute approximate surface area is 179 Å². The van der Waals surface area contributed by atoms with Gasteiger partial charge in [0.2, 0.25) is 0 Å². The fourth-order valence-electron chi connectivity index (χ4n) is 3.26. The second-order valence-electron chi connectivity index (χ2n) is 7.02. The van der Waals surface area contributed by atoms with E-state index in [4.69, 9.17) is 9.84 Å². The number of rotatable bonds is 7. The van der Waals surface area contributed by atoms with Gasteiger partial charge in [0.25, 0.3) is 5.91 Å². The van der Waals surface area contributed by atoms with Gasteiger partial charge < -0.3 is 10.1 Å². The summed E-state index contributed by atoms with van der Waals surface area (Å²) in [4.78, 5) is 14.2. The maximum atomic E-state index is 13.1. The molecule has 5 nitrogen and oxygen atoms in total. The topological polar surface area (TPSA) is 56.2 Å². The van der Waals surface area contributed by atoms with Crippen molar-refractivity contribution in [2.75, 3.05) is 7.11 Å². The normalized spacial score (nSPS) is 10.7. The van der Waals surface area contributed by atoms with Gasteiger partial charge in [-0.2, -0.15) is 5.10 Å². The zero-order chi connectivity index (χ0) is 20.9. The first-order chi connectivity index (χ1) is 14.6. The fourth-order valence-corrected chi connectivity index (χ4v) is 4.11. The third-order valence-electron chi connectivity index (χ3n) is 4.91. The number of methoxy groups -OCH3 is 1. The first-order valence-corrected chi connectivity index (χ1v) is 10.6. The van der Waals surface area contributed by atoms with Gasteiger partial charge in [0.15, 0.2) is 0 Å². The highest BCUT2D eigenvalue weighted by Gasteiger charge is 2.19. The third-order valence-corrected chi connectivity index (χ3v) is 5.94. The van der Waals surface area contributed by atoms with Crippen LogP contribution in [0.5, 0.6) is 5.75 Å².